The average molecular weight is 417 g/mol. The molecule has 2 aromatic carbocycles. The van der Waals surface area contributed by atoms with Crippen LogP contribution in [0.2, 0.25) is 0 Å². The molecule has 0 saturated heterocycles. The third-order valence-corrected chi connectivity index (χ3v) is 3.99. The first-order chi connectivity index (χ1) is 10.1. The van der Waals surface area contributed by atoms with E-state index in [1.807, 2.05) is 18.2 Å². The van der Waals surface area contributed by atoms with Gasteiger partial charge in [0.15, 0.2) is 0 Å². The van der Waals surface area contributed by atoms with E-state index in [0.717, 1.165) is 27.5 Å². The molecule has 2 rings (SSSR count). The Labute approximate surface area is 141 Å². The molecule has 1 N–H and O–H groups in total. The minimum Gasteiger partial charge on any atom is -0.456 e. The topological polar surface area (TPSA) is 21.3 Å². The van der Waals surface area contributed by atoms with Gasteiger partial charge in [-0.05, 0) is 65.3 Å². The van der Waals surface area contributed by atoms with Gasteiger partial charge in [0.1, 0.15) is 17.3 Å². The Kier molecular flexibility index (Phi) is 6.21. The monoisotopic (exact) mass is 415 g/mol. The zero-order chi connectivity index (χ0) is 15.2. The Morgan fingerprint density at radius 1 is 1.10 bits per heavy atom. The summed E-state index contributed by atoms with van der Waals surface area (Å²) in [4.78, 5) is 0. The molecule has 0 aliphatic carbocycles. The number of halogens is 3. The summed E-state index contributed by atoms with van der Waals surface area (Å²) in [6.45, 7) is 3.56. The Bertz CT molecular complexity index is 619. The molecular formula is C16H16Br2FNO. The van der Waals surface area contributed by atoms with Crippen LogP contribution in [0, 0.1) is 5.82 Å². The molecule has 0 aliphatic rings. The Morgan fingerprint density at radius 3 is 2.57 bits per heavy atom. The van der Waals surface area contributed by atoms with E-state index >= 15 is 0 Å². The van der Waals surface area contributed by atoms with Crippen molar-refractivity contribution < 1.29 is 9.13 Å². The zero-order valence-electron chi connectivity index (χ0n) is 11.6. The van der Waals surface area contributed by atoms with Gasteiger partial charge in [-0.25, -0.2) is 4.39 Å². The average Bonchev–Trinajstić information content (AvgIpc) is 2.44. The summed E-state index contributed by atoms with van der Waals surface area (Å²) in [6, 6.07) is 10.2. The summed E-state index contributed by atoms with van der Waals surface area (Å²) < 4.78 is 21.1. The summed E-state index contributed by atoms with van der Waals surface area (Å²) in [5.74, 6) is 1.09. The van der Waals surface area contributed by atoms with Gasteiger partial charge in [-0.15, -0.1) is 0 Å². The van der Waals surface area contributed by atoms with Crippen molar-refractivity contribution in [2.75, 3.05) is 6.54 Å². The standard InChI is InChI=1S/C16H16Br2FNO/c1-2-7-20-10-11-8-13(19)4-6-15(11)21-16-5-3-12(17)9-14(16)18/h3-6,8-9,20H,2,7,10H2,1H3. The largest absolute Gasteiger partial charge is 0.456 e. The van der Waals surface area contributed by atoms with Crippen molar-refractivity contribution in [1.29, 1.82) is 0 Å². The molecule has 0 atom stereocenters. The van der Waals surface area contributed by atoms with Crippen LogP contribution in [0.4, 0.5) is 4.39 Å². The van der Waals surface area contributed by atoms with Crippen LogP contribution in [0.5, 0.6) is 11.5 Å². The van der Waals surface area contributed by atoms with Gasteiger partial charge in [-0.2, -0.15) is 0 Å². The van der Waals surface area contributed by atoms with E-state index < -0.39 is 0 Å². The number of rotatable bonds is 6. The van der Waals surface area contributed by atoms with Crippen molar-refractivity contribution in [2.24, 2.45) is 0 Å². The van der Waals surface area contributed by atoms with Crippen molar-refractivity contribution in [1.82, 2.24) is 5.32 Å². The highest BCUT2D eigenvalue weighted by Gasteiger charge is 2.09. The van der Waals surface area contributed by atoms with E-state index in [1.54, 1.807) is 6.07 Å². The normalized spacial score (nSPS) is 10.7. The molecule has 0 saturated carbocycles. The van der Waals surface area contributed by atoms with Gasteiger partial charge < -0.3 is 10.1 Å². The minimum absolute atomic E-state index is 0.259. The van der Waals surface area contributed by atoms with Crippen molar-refractivity contribution in [3.63, 3.8) is 0 Å². The molecule has 0 aromatic heterocycles. The lowest BCUT2D eigenvalue weighted by molar-refractivity contribution is 0.467. The van der Waals surface area contributed by atoms with Crippen molar-refractivity contribution in [3.8, 4) is 11.5 Å². The summed E-state index contributed by atoms with van der Waals surface area (Å²) in [7, 11) is 0. The number of ether oxygens (including phenoxy) is 1. The van der Waals surface area contributed by atoms with E-state index in [-0.39, 0.29) is 5.82 Å². The molecule has 0 spiro atoms. The summed E-state index contributed by atoms with van der Waals surface area (Å²) >= 11 is 6.87. The van der Waals surface area contributed by atoms with E-state index in [1.165, 1.54) is 12.1 Å². The SMILES string of the molecule is CCCNCc1cc(F)ccc1Oc1ccc(Br)cc1Br. The fraction of sp³-hybridized carbons (Fsp3) is 0.250. The van der Waals surface area contributed by atoms with Crippen LogP contribution >= 0.6 is 31.9 Å². The van der Waals surface area contributed by atoms with Crippen LogP contribution in [0.3, 0.4) is 0 Å². The summed E-state index contributed by atoms with van der Waals surface area (Å²) in [5.41, 5.74) is 0.804. The van der Waals surface area contributed by atoms with E-state index in [2.05, 4.69) is 44.1 Å². The lowest BCUT2D eigenvalue weighted by atomic mass is 10.2. The van der Waals surface area contributed by atoms with Crippen LogP contribution in [0.25, 0.3) is 0 Å². The molecule has 2 aromatic rings. The van der Waals surface area contributed by atoms with Crippen LogP contribution in [0.1, 0.15) is 18.9 Å². The van der Waals surface area contributed by atoms with Gasteiger partial charge in [0.25, 0.3) is 0 Å². The Balaban J connectivity index is 2.22. The van der Waals surface area contributed by atoms with Gasteiger partial charge >= 0.3 is 0 Å². The zero-order valence-corrected chi connectivity index (χ0v) is 14.8. The van der Waals surface area contributed by atoms with E-state index in [9.17, 15) is 4.39 Å². The lowest BCUT2D eigenvalue weighted by Gasteiger charge is -2.13. The Morgan fingerprint density at radius 2 is 1.86 bits per heavy atom. The predicted octanol–water partition coefficient (Wildman–Crippen LogP) is 5.64. The molecular weight excluding hydrogens is 401 g/mol. The molecule has 0 unspecified atom stereocenters. The van der Waals surface area contributed by atoms with Crippen molar-refractivity contribution >= 4 is 31.9 Å². The van der Waals surface area contributed by atoms with Gasteiger partial charge in [-0.3, -0.25) is 0 Å². The summed E-state index contributed by atoms with van der Waals surface area (Å²) in [6.07, 6.45) is 1.03. The second kappa shape index (κ2) is 7.92. The first-order valence-corrected chi connectivity index (χ1v) is 8.31. The maximum atomic E-state index is 13.4. The van der Waals surface area contributed by atoms with Crippen molar-refractivity contribution in [3.05, 3.63) is 56.7 Å². The maximum Gasteiger partial charge on any atom is 0.141 e. The molecule has 5 heteroatoms. The van der Waals surface area contributed by atoms with E-state index in [4.69, 9.17) is 4.74 Å². The van der Waals surface area contributed by atoms with Crippen LogP contribution in [-0.4, -0.2) is 6.54 Å². The lowest BCUT2D eigenvalue weighted by Crippen LogP contribution is -2.14. The smallest absolute Gasteiger partial charge is 0.141 e. The first kappa shape index (κ1) is 16.5. The highest BCUT2D eigenvalue weighted by atomic mass is 79.9. The molecule has 0 radical (unpaired) electrons. The van der Waals surface area contributed by atoms with Crippen LogP contribution in [0.15, 0.2) is 45.3 Å². The maximum absolute atomic E-state index is 13.4. The van der Waals surface area contributed by atoms with Gasteiger partial charge in [0.05, 0.1) is 4.47 Å². The summed E-state index contributed by atoms with van der Waals surface area (Å²) in [5, 5.41) is 3.26. The number of hydrogen-bond donors (Lipinski definition) is 1. The highest BCUT2D eigenvalue weighted by molar-refractivity contribution is 9.11. The minimum atomic E-state index is -0.259. The third kappa shape index (κ3) is 4.80. The number of nitrogens with one attached hydrogen (secondary N) is 1. The third-order valence-electron chi connectivity index (χ3n) is 2.88. The van der Waals surface area contributed by atoms with Crippen molar-refractivity contribution in [2.45, 2.75) is 19.9 Å². The van der Waals surface area contributed by atoms with E-state index in [0.29, 0.717) is 18.0 Å². The van der Waals surface area contributed by atoms with Gasteiger partial charge in [0.2, 0.25) is 0 Å². The number of hydrogen-bond acceptors (Lipinski definition) is 2. The molecule has 2 nitrogen and oxygen atoms in total. The van der Waals surface area contributed by atoms with Crippen LogP contribution < -0.4 is 10.1 Å². The van der Waals surface area contributed by atoms with Gasteiger partial charge in [-0.1, -0.05) is 22.9 Å². The molecule has 21 heavy (non-hydrogen) atoms. The molecule has 0 bridgehead atoms. The van der Waals surface area contributed by atoms with Gasteiger partial charge in [0, 0.05) is 16.6 Å². The Hall–Kier alpha value is -0.910. The molecule has 0 aliphatic heterocycles. The quantitative estimate of drug-likeness (QED) is 0.615. The molecule has 0 fully saturated rings. The predicted molar refractivity (Wildman–Crippen MR) is 90.3 cm³/mol. The molecule has 112 valence electrons. The molecule has 0 amide bonds. The first-order valence-electron chi connectivity index (χ1n) is 6.72. The second-order valence-corrected chi connectivity index (χ2v) is 6.38. The molecule has 0 heterocycles. The second-order valence-electron chi connectivity index (χ2n) is 4.61. The number of benzene rings is 2. The fourth-order valence-electron chi connectivity index (χ4n) is 1.86. The fourth-order valence-corrected chi connectivity index (χ4v) is 2.99. The highest BCUT2D eigenvalue weighted by Crippen LogP contribution is 2.33. The van der Waals surface area contributed by atoms with Crippen LogP contribution in [-0.2, 0) is 6.54 Å².